The molecule has 0 aromatic heterocycles. The van der Waals surface area contributed by atoms with Crippen LogP contribution in [-0.2, 0) is 14.4 Å². The first-order valence-electron chi connectivity index (χ1n) is 7.64. The van der Waals surface area contributed by atoms with Gasteiger partial charge in [0.1, 0.15) is 17.1 Å². The summed E-state index contributed by atoms with van der Waals surface area (Å²) in [5.41, 5.74) is 0.758. The highest BCUT2D eigenvalue weighted by Gasteiger charge is 2.53. The predicted octanol–water partition coefficient (Wildman–Crippen LogP) is 1.72. The van der Waals surface area contributed by atoms with Gasteiger partial charge in [-0.15, -0.1) is 11.8 Å². The fraction of sp³-hybridized carbons (Fsp3) is 0.667. The zero-order valence-electron chi connectivity index (χ0n) is 12.9. The van der Waals surface area contributed by atoms with Crippen molar-refractivity contribution in [1.82, 2.24) is 10.2 Å². The number of amides is 2. The van der Waals surface area contributed by atoms with E-state index in [0.29, 0.717) is 17.7 Å². The van der Waals surface area contributed by atoms with Gasteiger partial charge in [0.25, 0.3) is 5.91 Å². The van der Waals surface area contributed by atoms with Gasteiger partial charge in [0.05, 0.1) is 0 Å². The number of nitrogens with zero attached hydrogens (tertiary/aromatic N) is 1. The van der Waals surface area contributed by atoms with Crippen molar-refractivity contribution in [3.05, 3.63) is 11.3 Å². The Morgan fingerprint density at radius 2 is 2.09 bits per heavy atom. The maximum atomic E-state index is 12.2. The number of β-lactam (4-membered cyclic amide) rings is 1. The standard InChI is InChI=1S/C15H22N2O4S/c1-3-4-5-6-7-10(18)16-11-13(19)17-12(15(20)21)9(2)8-22-14(11)17/h11,14H,3-8H2,1-2H3,(H,16,18)(H,20,21)/t11?,14-/m1/s1. The fourth-order valence-electron chi connectivity index (χ4n) is 2.73. The summed E-state index contributed by atoms with van der Waals surface area (Å²) in [4.78, 5) is 36.6. The number of fused-ring (bicyclic) bond motifs is 1. The molecule has 0 aliphatic carbocycles. The summed E-state index contributed by atoms with van der Waals surface area (Å²) in [5.74, 6) is -0.965. The highest BCUT2D eigenvalue weighted by atomic mass is 32.2. The van der Waals surface area contributed by atoms with E-state index in [1.165, 1.54) is 16.7 Å². The molecule has 2 aliphatic heterocycles. The van der Waals surface area contributed by atoms with E-state index in [9.17, 15) is 19.5 Å². The summed E-state index contributed by atoms with van der Waals surface area (Å²) in [6.45, 7) is 3.83. The van der Waals surface area contributed by atoms with E-state index in [1.54, 1.807) is 6.92 Å². The number of carbonyl (C=O) groups excluding carboxylic acids is 2. The van der Waals surface area contributed by atoms with Crippen molar-refractivity contribution in [2.75, 3.05) is 5.75 Å². The van der Waals surface area contributed by atoms with Crippen molar-refractivity contribution in [2.45, 2.75) is 57.4 Å². The Balaban J connectivity index is 1.90. The maximum absolute atomic E-state index is 12.2. The van der Waals surface area contributed by atoms with Gasteiger partial charge in [-0.05, 0) is 18.9 Å². The van der Waals surface area contributed by atoms with E-state index in [4.69, 9.17) is 0 Å². The van der Waals surface area contributed by atoms with Crippen LogP contribution in [0.2, 0.25) is 0 Å². The van der Waals surface area contributed by atoms with Crippen molar-refractivity contribution >= 4 is 29.5 Å². The van der Waals surface area contributed by atoms with Crippen molar-refractivity contribution in [3.8, 4) is 0 Å². The second kappa shape index (κ2) is 7.17. The first-order chi connectivity index (χ1) is 10.5. The number of hydrogen-bond acceptors (Lipinski definition) is 4. The van der Waals surface area contributed by atoms with Crippen molar-refractivity contribution in [1.29, 1.82) is 0 Å². The molecular weight excluding hydrogens is 304 g/mol. The topological polar surface area (TPSA) is 86.7 Å². The normalized spacial score (nSPS) is 23.9. The number of aliphatic carboxylic acids is 1. The number of carbonyl (C=O) groups is 3. The molecule has 2 atom stereocenters. The van der Waals surface area contributed by atoms with Crippen molar-refractivity contribution < 1.29 is 19.5 Å². The van der Waals surface area contributed by atoms with E-state index >= 15 is 0 Å². The Morgan fingerprint density at radius 1 is 1.36 bits per heavy atom. The fourth-order valence-corrected chi connectivity index (χ4v) is 4.03. The molecule has 1 saturated heterocycles. The molecule has 2 aliphatic rings. The molecule has 2 heterocycles. The number of carboxylic acids is 1. The number of rotatable bonds is 7. The van der Waals surface area contributed by atoms with E-state index < -0.39 is 12.0 Å². The van der Waals surface area contributed by atoms with E-state index in [1.807, 2.05) is 0 Å². The SMILES string of the molecule is CCCCCCC(=O)NC1C(=O)N2C(C(=O)O)=C(C)CS[C@H]12. The third-order valence-corrected chi connectivity index (χ3v) is 5.36. The summed E-state index contributed by atoms with van der Waals surface area (Å²) in [7, 11) is 0. The molecule has 122 valence electrons. The van der Waals surface area contributed by atoms with Gasteiger partial charge in [-0.3, -0.25) is 14.5 Å². The van der Waals surface area contributed by atoms with E-state index in [2.05, 4.69) is 12.2 Å². The maximum Gasteiger partial charge on any atom is 0.352 e. The van der Waals surface area contributed by atoms with Crippen LogP contribution in [0.4, 0.5) is 0 Å². The van der Waals surface area contributed by atoms with Crippen LogP contribution in [0.15, 0.2) is 11.3 Å². The molecule has 0 aromatic carbocycles. The molecular formula is C15H22N2O4S. The Kier molecular flexibility index (Phi) is 5.50. The number of carboxylic acid groups (broad SMARTS) is 1. The molecule has 6 nitrogen and oxygen atoms in total. The van der Waals surface area contributed by atoms with Gasteiger partial charge in [0.2, 0.25) is 5.91 Å². The quantitative estimate of drug-likeness (QED) is 0.549. The Labute approximate surface area is 134 Å². The lowest BCUT2D eigenvalue weighted by Gasteiger charge is -2.49. The zero-order chi connectivity index (χ0) is 16.3. The van der Waals surface area contributed by atoms with Gasteiger partial charge in [0, 0.05) is 12.2 Å². The molecule has 2 N–H and O–H groups in total. The second-order valence-corrected chi connectivity index (χ2v) is 6.80. The van der Waals surface area contributed by atoms with Crippen LogP contribution in [0, 0.1) is 0 Å². The molecule has 1 fully saturated rings. The average Bonchev–Trinajstić information content (AvgIpc) is 2.48. The minimum atomic E-state index is -1.08. The summed E-state index contributed by atoms with van der Waals surface area (Å²) < 4.78 is 0. The lowest BCUT2D eigenvalue weighted by atomic mass is 10.0. The number of nitrogens with one attached hydrogen (secondary N) is 1. The predicted molar refractivity (Wildman–Crippen MR) is 84.1 cm³/mol. The lowest BCUT2D eigenvalue weighted by Crippen LogP contribution is -2.70. The first kappa shape index (κ1) is 16.9. The van der Waals surface area contributed by atoms with Crippen LogP contribution in [0.25, 0.3) is 0 Å². The molecule has 2 amide bonds. The Bertz CT molecular complexity index is 518. The highest BCUT2D eigenvalue weighted by molar-refractivity contribution is 8.00. The van der Waals surface area contributed by atoms with Crippen LogP contribution in [-0.4, -0.2) is 45.0 Å². The summed E-state index contributed by atoms with van der Waals surface area (Å²) in [6, 6.07) is -0.592. The molecule has 0 bridgehead atoms. The van der Waals surface area contributed by atoms with Crippen molar-refractivity contribution in [3.63, 3.8) is 0 Å². The zero-order valence-corrected chi connectivity index (χ0v) is 13.7. The molecule has 0 spiro atoms. The van der Waals surface area contributed by atoms with Crippen LogP contribution in [0.1, 0.15) is 46.0 Å². The monoisotopic (exact) mass is 326 g/mol. The summed E-state index contributed by atoms with van der Waals surface area (Å²) in [5, 5.41) is 11.7. The van der Waals surface area contributed by atoms with Crippen LogP contribution in [0.3, 0.4) is 0 Å². The number of thioether (sulfide) groups is 1. The smallest absolute Gasteiger partial charge is 0.352 e. The largest absolute Gasteiger partial charge is 0.477 e. The van der Waals surface area contributed by atoms with Crippen molar-refractivity contribution in [2.24, 2.45) is 0 Å². The number of hydrogen-bond donors (Lipinski definition) is 2. The van der Waals surface area contributed by atoms with Crippen LogP contribution in [0.5, 0.6) is 0 Å². The molecule has 1 unspecified atom stereocenters. The first-order valence-corrected chi connectivity index (χ1v) is 8.69. The Hall–Kier alpha value is -1.50. The minimum absolute atomic E-state index is 0.0715. The third-order valence-electron chi connectivity index (χ3n) is 3.94. The molecule has 2 rings (SSSR count). The highest BCUT2D eigenvalue weighted by Crippen LogP contribution is 2.40. The average molecular weight is 326 g/mol. The molecule has 0 radical (unpaired) electrons. The minimum Gasteiger partial charge on any atom is -0.477 e. The Morgan fingerprint density at radius 3 is 2.73 bits per heavy atom. The van der Waals surface area contributed by atoms with Crippen LogP contribution < -0.4 is 5.32 Å². The van der Waals surface area contributed by atoms with Crippen LogP contribution >= 0.6 is 11.8 Å². The molecule has 0 aromatic rings. The van der Waals surface area contributed by atoms with Gasteiger partial charge in [-0.1, -0.05) is 26.2 Å². The molecule has 7 heteroatoms. The molecule has 0 saturated carbocycles. The van der Waals surface area contributed by atoms with E-state index in [0.717, 1.165) is 25.7 Å². The second-order valence-electron chi connectivity index (χ2n) is 5.70. The molecule has 22 heavy (non-hydrogen) atoms. The van der Waals surface area contributed by atoms with Gasteiger partial charge < -0.3 is 10.4 Å². The number of unbranched alkanes of at least 4 members (excludes halogenated alkanes) is 3. The summed E-state index contributed by atoms with van der Waals surface area (Å²) in [6.07, 6.45) is 4.47. The van der Waals surface area contributed by atoms with E-state index in [-0.39, 0.29) is 22.9 Å². The van der Waals surface area contributed by atoms with Gasteiger partial charge in [0.15, 0.2) is 0 Å². The lowest BCUT2D eigenvalue weighted by molar-refractivity contribution is -0.150. The van der Waals surface area contributed by atoms with Gasteiger partial charge in [-0.25, -0.2) is 4.79 Å². The van der Waals surface area contributed by atoms with Gasteiger partial charge in [-0.2, -0.15) is 0 Å². The summed E-state index contributed by atoms with van der Waals surface area (Å²) >= 11 is 1.50. The van der Waals surface area contributed by atoms with Gasteiger partial charge >= 0.3 is 5.97 Å². The third kappa shape index (κ3) is 3.29.